The van der Waals surface area contributed by atoms with Gasteiger partial charge in [0.15, 0.2) is 11.5 Å². The molecule has 0 atom stereocenters. The molecule has 110 valence electrons. The lowest BCUT2D eigenvalue weighted by Crippen LogP contribution is -2.15. The fraction of sp³-hybridized carbons (Fsp3) is 0.133. The first-order chi connectivity index (χ1) is 9.94. The molecule has 0 saturated heterocycles. The molecule has 0 bridgehead atoms. The van der Waals surface area contributed by atoms with Gasteiger partial charge >= 0.3 is 10.1 Å². The summed E-state index contributed by atoms with van der Waals surface area (Å²) in [6.45, 7) is 1.84. The molecule has 2 rings (SSSR count). The number of aryl methyl sites for hydroxylation is 1. The van der Waals surface area contributed by atoms with Gasteiger partial charge in [-0.15, -0.1) is 0 Å². The first-order valence-electron chi connectivity index (χ1n) is 6.12. The van der Waals surface area contributed by atoms with Gasteiger partial charge in [-0.1, -0.05) is 29.8 Å². The van der Waals surface area contributed by atoms with Gasteiger partial charge in [0.25, 0.3) is 5.43 Å². The lowest BCUT2D eigenvalue weighted by Gasteiger charge is -2.06. The molecule has 0 unspecified atom stereocenters. The third kappa shape index (κ3) is 3.41. The highest BCUT2D eigenvalue weighted by Crippen LogP contribution is 2.17. The summed E-state index contributed by atoms with van der Waals surface area (Å²) in [6.07, 6.45) is 0. The Morgan fingerprint density at radius 1 is 0.905 bits per heavy atom. The second-order valence-corrected chi connectivity index (χ2v) is 5.88. The summed E-state index contributed by atoms with van der Waals surface area (Å²) in [7, 11) is -2.73. The van der Waals surface area contributed by atoms with Crippen LogP contribution in [0.2, 0.25) is 0 Å². The third-order valence-corrected chi connectivity index (χ3v) is 4.03. The van der Waals surface area contributed by atoms with E-state index in [1.807, 2.05) is 6.92 Å². The molecule has 0 fully saturated rings. The first-order valence-corrected chi connectivity index (χ1v) is 7.53. The fourth-order valence-electron chi connectivity index (χ4n) is 1.66. The topological polar surface area (TPSA) is 69.7 Å². The lowest BCUT2D eigenvalue weighted by molar-refractivity contribution is 0.408. The highest BCUT2D eigenvalue weighted by Gasteiger charge is 2.18. The summed E-state index contributed by atoms with van der Waals surface area (Å²) in [6, 6.07) is 11.9. The third-order valence-electron chi connectivity index (χ3n) is 2.78. The lowest BCUT2D eigenvalue weighted by atomic mass is 10.2. The van der Waals surface area contributed by atoms with Crippen molar-refractivity contribution in [1.29, 1.82) is 0 Å². The van der Waals surface area contributed by atoms with E-state index in [0.717, 1.165) is 5.56 Å². The van der Waals surface area contributed by atoms with E-state index >= 15 is 0 Å². The maximum absolute atomic E-state index is 12.2. The summed E-state index contributed by atoms with van der Waals surface area (Å²) in [5.41, 5.74) is 0.296. The molecule has 0 aliphatic heterocycles. The maximum atomic E-state index is 12.2. The Bertz CT molecular complexity index is 795. The Kier molecular flexibility index (Phi) is 4.28. The van der Waals surface area contributed by atoms with Crippen molar-refractivity contribution < 1.29 is 17.3 Å². The standard InChI is InChI=1S/C15H14O5S/c1-11-7-9-12(10-8-11)21(17,18)20-14-6-4-3-5-13(19-2)15(14)16/h3-10H,1-2H3. The molecule has 5 nitrogen and oxygen atoms in total. The molecule has 2 aromatic rings. The van der Waals surface area contributed by atoms with Gasteiger partial charge in [0.1, 0.15) is 4.90 Å². The van der Waals surface area contributed by atoms with Gasteiger partial charge in [-0.25, -0.2) is 0 Å². The Balaban J connectivity index is 2.45. The van der Waals surface area contributed by atoms with Gasteiger partial charge in [0, 0.05) is 0 Å². The zero-order valence-corrected chi connectivity index (χ0v) is 12.4. The minimum absolute atomic E-state index is 0.00843. The van der Waals surface area contributed by atoms with Gasteiger partial charge in [-0.05, 0) is 31.2 Å². The van der Waals surface area contributed by atoms with Crippen molar-refractivity contribution >= 4 is 10.1 Å². The van der Waals surface area contributed by atoms with Crippen LogP contribution >= 0.6 is 0 Å². The molecule has 0 N–H and O–H groups in total. The summed E-state index contributed by atoms with van der Waals surface area (Å²) < 4.78 is 34.2. The van der Waals surface area contributed by atoms with Gasteiger partial charge in [0.2, 0.25) is 0 Å². The van der Waals surface area contributed by atoms with Crippen LogP contribution in [0.4, 0.5) is 0 Å². The summed E-state index contributed by atoms with van der Waals surface area (Å²) in [5, 5.41) is 0. The van der Waals surface area contributed by atoms with Crippen molar-refractivity contribution in [3.05, 3.63) is 64.3 Å². The fourth-order valence-corrected chi connectivity index (χ4v) is 2.59. The number of rotatable bonds is 4. The van der Waals surface area contributed by atoms with Crippen LogP contribution in [0.25, 0.3) is 0 Å². The van der Waals surface area contributed by atoms with E-state index in [1.54, 1.807) is 18.2 Å². The minimum atomic E-state index is -4.06. The molecule has 0 aliphatic carbocycles. The molecular formula is C15H14O5S. The zero-order valence-electron chi connectivity index (χ0n) is 11.6. The largest absolute Gasteiger partial charge is 0.493 e. The van der Waals surface area contributed by atoms with Crippen LogP contribution in [-0.2, 0) is 10.1 Å². The Hall–Kier alpha value is -2.34. The molecule has 2 aromatic carbocycles. The molecule has 0 spiro atoms. The van der Waals surface area contributed by atoms with Crippen molar-refractivity contribution in [2.75, 3.05) is 7.11 Å². The van der Waals surface area contributed by atoms with Crippen molar-refractivity contribution in [1.82, 2.24) is 0 Å². The second kappa shape index (κ2) is 5.97. The van der Waals surface area contributed by atoms with E-state index in [-0.39, 0.29) is 16.4 Å². The monoisotopic (exact) mass is 306 g/mol. The molecule has 0 saturated carbocycles. The van der Waals surface area contributed by atoms with E-state index in [4.69, 9.17) is 8.92 Å². The minimum Gasteiger partial charge on any atom is -0.493 e. The van der Waals surface area contributed by atoms with Crippen molar-refractivity contribution in [2.24, 2.45) is 0 Å². The zero-order chi connectivity index (χ0) is 15.5. The molecule has 21 heavy (non-hydrogen) atoms. The van der Waals surface area contributed by atoms with Crippen molar-refractivity contribution in [3.8, 4) is 11.5 Å². The van der Waals surface area contributed by atoms with Gasteiger partial charge < -0.3 is 8.92 Å². The first kappa shape index (κ1) is 15.1. The number of hydrogen-bond donors (Lipinski definition) is 0. The number of hydrogen-bond acceptors (Lipinski definition) is 5. The number of benzene rings is 1. The molecule has 0 aromatic heterocycles. The van der Waals surface area contributed by atoms with E-state index in [2.05, 4.69) is 0 Å². The summed E-state index contributed by atoms with van der Waals surface area (Å²) in [4.78, 5) is 12.0. The SMILES string of the molecule is COc1ccccc(OS(=O)(=O)c2ccc(C)cc2)c1=O. The van der Waals surface area contributed by atoms with Crippen molar-refractivity contribution in [3.63, 3.8) is 0 Å². The van der Waals surface area contributed by atoms with Crippen LogP contribution in [-0.4, -0.2) is 15.5 Å². The number of methoxy groups -OCH3 is 1. The highest BCUT2D eigenvalue weighted by atomic mass is 32.2. The molecule has 0 aliphatic rings. The van der Waals surface area contributed by atoms with Crippen LogP contribution in [0.1, 0.15) is 5.56 Å². The summed E-state index contributed by atoms with van der Waals surface area (Å²) in [5.74, 6) is -0.300. The Labute approximate surface area is 122 Å². The van der Waals surface area contributed by atoms with Gasteiger partial charge in [-0.3, -0.25) is 4.79 Å². The van der Waals surface area contributed by atoms with E-state index < -0.39 is 15.5 Å². The van der Waals surface area contributed by atoms with E-state index in [1.165, 1.54) is 37.4 Å². The second-order valence-electron chi connectivity index (χ2n) is 4.33. The normalized spacial score (nSPS) is 11.0. The quantitative estimate of drug-likeness (QED) is 0.809. The molecule has 0 amide bonds. The van der Waals surface area contributed by atoms with Gasteiger partial charge in [-0.2, -0.15) is 8.42 Å². The Morgan fingerprint density at radius 3 is 2.05 bits per heavy atom. The van der Waals surface area contributed by atoms with Crippen LogP contribution in [0.5, 0.6) is 11.5 Å². The molecular weight excluding hydrogens is 292 g/mol. The van der Waals surface area contributed by atoms with Crippen LogP contribution < -0.4 is 14.3 Å². The molecule has 6 heteroatoms. The summed E-state index contributed by atoms with van der Waals surface area (Å²) >= 11 is 0. The predicted octanol–water partition coefficient (Wildman–Crippen LogP) is 2.13. The Morgan fingerprint density at radius 2 is 1.48 bits per heavy atom. The number of ether oxygens (including phenoxy) is 1. The average molecular weight is 306 g/mol. The van der Waals surface area contributed by atoms with E-state index in [0.29, 0.717) is 0 Å². The van der Waals surface area contributed by atoms with E-state index in [9.17, 15) is 13.2 Å². The molecule has 0 radical (unpaired) electrons. The van der Waals surface area contributed by atoms with Gasteiger partial charge in [0.05, 0.1) is 7.11 Å². The smallest absolute Gasteiger partial charge is 0.339 e. The average Bonchev–Trinajstić information content (AvgIpc) is 2.61. The predicted molar refractivity (Wildman–Crippen MR) is 78.3 cm³/mol. The maximum Gasteiger partial charge on any atom is 0.339 e. The van der Waals surface area contributed by atoms with Crippen LogP contribution in [0, 0.1) is 6.92 Å². The highest BCUT2D eigenvalue weighted by molar-refractivity contribution is 7.87. The van der Waals surface area contributed by atoms with Crippen LogP contribution in [0.3, 0.4) is 0 Å². The van der Waals surface area contributed by atoms with Crippen LogP contribution in [0.15, 0.2) is 58.2 Å². The van der Waals surface area contributed by atoms with Crippen molar-refractivity contribution in [2.45, 2.75) is 11.8 Å². The molecule has 0 heterocycles.